The van der Waals surface area contributed by atoms with E-state index in [2.05, 4.69) is 11.4 Å². The molecule has 32 heavy (non-hydrogen) atoms. The Kier molecular flexibility index (Phi) is 6.19. The van der Waals surface area contributed by atoms with E-state index >= 15 is 0 Å². The minimum Gasteiger partial charge on any atom is -0.408 e. The quantitative estimate of drug-likeness (QED) is 0.561. The van der Waals surface area contributed by atoms with Crippen molar-refractivity contribution in [3.8, 4) is 6.07 Å². The average molecular weight is 475 g/mol. The maximum absolute atomic E-state index is 12.8. The largest absolute Gasteiger partial charge is 0.419 e. The molecule has 11 heteroatoms. The number of hydrogen-bond acceptors (Lipinski definition) is 7. The number of amides is 1. The lowest BCUT2D eigenvalue weighted by atomic mass is 10.3. The summed E-state index contributed by atoms with van der Waals surface area (Å²) in [5.74, 6) is -0.994. The van der Waals surface area contributed by atoms with E-state index < -0.39 is 15.8 Å². The highest BCUT2D eigenvalue weighted by Gasteiger charge is 2.28. The maximum Gasteiger partial charge on any atom is 0.419 e. The van der Waals surface area contributed by atoms with E-state index in [1.807, 2.05) is 6.92 Å². The maximum atomic E-state index is 12.8. The zero-order valence-electron chi connectivity index (χ0n) is 17.5. The number of rotatable bonds is 7. The number of nitriles is 1. The zero-order valence-corrected chi connectivity index (χ0v) is 19.1. The minimum absolute atomic E-state index is 0.00735. The number of oxazole rings is 1. The Hall–Kier alpha value is -2.94. The van der Waals surface area contributed by atoms with Gasteiger partial charge in [-0.05, 0) is 37.5 Å². The standard InChI is InChI=1S/C21H22N4O5S2/c1-2-15-11-14(13-22)20(31-15)23-19(26)7-10-25-17-6-5-16(12-18(17)30-21(25)27)32(28,29)24-8-3-4-9-24/h5-6,11-12H,2-4,7-10H2,1H3,(H,23,26). The predicted octanol–water partition coefficient (Wildman–Crippen LogP) is 2.90. The molecule has 168 valence electrons. The summed E-state index contributed by atoms with van der Waals surface area (Å²) in [6, 6.07) is 8.17. The molecule has 0 atom stereocenters. The first kappa shape index (κ1) is 22.3. The molecule has 1 aliphatic heterocycles. The molecule has 1 fully saturated rings. The highest BCUT2D eigenvalue weighted by molar-refractivity contribution is 7.89. The molecule has 1 amide bonds. The van der Waals surface area contributed by atoms with Gasteiger partial charge in [-0.3, -0.25) is 9.36 Å². The van der Waals surface area contributed by atoms with Crippen LogP contribution in [-0.4, -0.2) is 36.3 Å². The smallest absolute Gasteiger partial charge is 0.408 e. The van der Waals surface area contributed by atoms with Crippen molar-refractivity contribution >= 4 is 43.4 Å². The number of hydrogen-bond donors (Lipinski definition) is 1. The van der Waals surface area contributed by atoms with Crippen molar-refractivity contribution in [2.24, 2.45) is 0 Å². The summed E-state index contributed by atoms with van der Waals surface area (Å²) >= 11 is 1.35. The first-order valence-electron chi connectivity index (χ1n) is 10.3. The average Bonchev–Trinajstić information content (AvgIpc) is 3.50. The Morgan fingerprint density at radius 2 is 2.03 bits per heavy atom. The van der Waals surface area contributed by atoms with Crippen LogP contribution in [0.3, 0.4) is 0 Å². The Morgan fingerprint density at radius 3 is 2.72 bits per heavy atom. The van der Waals surface area contributed by atoms with E-state index in [1.54, 1.807) is 6.07 Å². The number of aromatic nitrogens is 1. The molecule has 2 aromatic heterocycles. The van der Waals surface area contributed by atoms with Crippen LogP contribution in [0.15, 0.2) is 38.4 Å². The predicted molar refractivity (Wildman–Crippen MR) is 120 cm³/mol. The molecule has 3 aromatic rings. The Morgan fingerprint density at radius 1 is 1.28 bits per heavy atom. The number of thiophene rings is 1. The molecule has 1 aliphatic rings. The van der Waals surface area contributed by atoms with Gasteiger partial charge >= 0.3 is 5.76 Å². The summed E-state index contributed by atoms with van der Waals surface area (Å²) in [5.41, 5.74) is 0.997. The summed E-state index contributed by atoms with van der Waals surface area (Å²) in [5, 5.41) is 12.5. The van der Waals surface area contributed by atoms with Crippen LogP contribution in [0.2, 0.25) is 0 Å². The minimum atomic E-state index is -3.63. The number of sulfonamides is 1. The number of fused-ring (bicyclic) bond motifs is 1. The highest BCUT2D eigenvalue weighted by Crippen LogP contribution is 2.28. The summed E-state index contributed by atoms with van der Waals surface area (Å²) in [6.45, 7) is 3.00. The van der Waals surface area contributed by atoms with Crippen molar-refractivity contribution in [2.45, 2.75) is 44.0 Å². The molecule has 0 aliphatic carbocycles. The van der Waals surface area contributed by atoms with Crippen molar-refractivity contribution in [1.29, 1.82) is 5.26 Å². The van der Waals surface area contributed by atoms with E-state index in [1.165, 1.54) is 38.4 Å². The van der Waals surface area contributed by atoms with Gasteiger partial charge in [0.15, 0.2) is 5.58 Å². The van der Waals surface area contributed by atoms with Gasteiger partial charge in [0.25, 0.3) is 0 Å². The van der Waals surface area contributed by atoms with Crippen molar-refractivity contribution in [3.63, 3.8) is 0 Å². The Bertz CT molecular complexity index is 1370. The molecule has 1 saturated heterocycles. The lowest BCUT2D eigenvalue weighted by molar-refractivity contribution is -0.116. The molecule has 3 heterocycles. The summed E-state index contributed by atoms with van der Waals surface area (Å²) < 4.78 is 33.5. The monoisotopic (exact) mass is 474 g/mol. The number of benzene rings is 1. The van der Waals surface area contributed by atoms with Crippen LogP contribution in [0.4, 0.5) is 5.00 Å². The normalized spacial score (nSPS) is 14.6. The van der Waals surface area contributed by atoms with E-state index in [4.69, 9.17) is 4.42 Å². The first-order valence-corrected chi connectivity index (χ1v) is 12.6. The van der Waals surface area contributed by atoms with Crippen molar-refractivity contribution < 1.29 is 17.6 Å². The fourth-order valence-electron chi connectivity index (χ4n) is 3.69. The van der Waals surface area contributed by atoms with Gasteiger partial charge in [0.1, 0.15) is 11.1 Å². The molecule has 0 spiro atoms. The number of anilines is 1. The number of carbonyl (C=O) groups is 1. The molecular weight excluding hydrogens is 452 g/mol. The number of nitrogens with one attached hydrogen (secondary N) is 1. The van der Waals surface area contributed by atoms with E-state index in [-0.39, 0.29) is 29.4 Å². The van der Waals surface area contributed by atoms with Crippen LogP contribution in [0.1, 0.15) is 36.6 Å². The molecule has 4 rings (SSSR count). The van der Waals surface area contributed by atoms with Gasteiger partial charge in [0.2, 0.25) is 15.9 Å². The molecule has 0 saturated carbocycles. The van der Waals surface area contributed by atoms with E-state index in [9.17, 15) is 23.3 Å². The van der Waals surface area contributed by atoms with Gasteiger partial charge < -0.3 is 9.73 Å². The van der Waals surface area contributed by atoms with Crippen LogP contribution in [0, 0.1) is 11.3 Å². The molecule has 9 nitrogen and oxygen atoms in total. The van der Waals surface area contributed by atoms with Crippen LogP contribution < -0.4 is 11.1 Å². The second kappa shape index (κ2) is 8.90. The summed E-state index contributed by atoms with van der Waals surface area (Å²) in [6.07, 6.45) is 2.42. The van der Waals surface area contributed by atoms with Gasteiger partial charge in [0, 0.05) is 37.0 Å². The van der Waals surface area contributed by atoms with Crippen LogP contribution in [0.5, 0.6) is 0 Å². The van der Waals surface area contributed by atoms with Gasteiger partial charge in [-0.1, -0.05) is 6.92 Å². The second-order valence-corrected chi connectivity index (χ2v) is 10.6. The van der Waals surface area contributed by atoms with Crippen molar-refractivity contribution in [3.05, 3.63) is 45.3 Å². The molecule has 0 unspecified atom stereocenters. The third kappa shape index (κ3) is 4.21. The first-order chi connectivity index (χ1) is 15.3. The second-order valence-electron chi connectivity index (χ2n) is 7.48. The highest BCUT2D eigenvalue weighted by atomic mass is 32.2. The molecular formula is C21H22N4O5S2. The topological polar surface area (TPSA) is 125 Å². The summed E-state index contributed by atoms with van der Waals surface area (Å²) in [4.78, 5) is 25.8. The molecule has 0 radical (unpaired) electrons. The van der Waals surface area contributed by atoms with Crippen LogP contribution in [-0.2, 0) is 27.8 Å². The van der Waals surface area contributed by atoms with Gasteiger partial charge in [-0.15, -0.1) is 11.3 Å². The summed E-state index contributed by atoms with van der Waals surface area (Å²) in [7, 11) is -3.63. The molecule has 1 aromatic carbocycles. The number of nitrogens with zero attached hydrogens (tertiary/aromatic N) is 3. The third-order valence-corrected chi connectivity index (χ3v) is 8.50. The Labute approximate surface area is 188 Å². The lowest BCUT2D eigenvalue weighted by Gasteiger charge is -2.15. The van der Waals surface area contributed by atoms with Gasteiger partial charge in [-0.25, -0.2) is 13.2 Å². The van der Waals surface area contributed by atoms with Crippen molar-refractivity contribution in [2.75, 3.05) is 18.4 Å². The molecule has 0 bridgehead atoms. The van der Waals surface area contributed by atoms with Gasteiger partial charge in [-0.2, -0.15) is 9.57 Å². The SMILES string of the molecule is CCc1cc(C#N)c(NC(=O)CCn2c(=O)oc3cc(S(=O)(=O)N4CCCC4)ccc32)s1. The number of carbonyl (C=O) groups excluding carboxylic acids is 1. The van der Waals surface area contributed by atoms with E-state index in [0.717, 1.165) is 24.1 Å². The fraction of sp³-hybridized carbons (Fsp3) is 0.381. The van der Waals surface area contributed by atoms with Crippen molar-refractivity contribution in [1.82, 2.24) is 8.87 Å². The fourth-order valence-corrected chi connectivity index (χ4v) is 6.19. The molecule has 1 N–H and O–H groups in total. The lowest BCUT2D eigenvalue weighted by Crippen LogP contribution is -2.27. The van der Waals surface area contributed by atoms with Crippen LogP contribution >= 0.6 is 11.3 Å². The number of aryl methyl sites for hydroxylation is 2. The van der Waals surface area contributed by atoms with Gasteiger partial charge in [0.05, 0.1) is 16.0 Å². The Balaban J connectivity index is 1.51. The van der Waals surface area contributed by atoms with E-state index in [0.29, 0.717) is 29.2 Å². The zero-order chi connectivity index (χ0) is 22.9. The third-order valence-electron chi connectivity index (χ3n) is 5.41. The van der Waals surface area contributed by atoms with Crippen LogP contribution in [0.25, 0.3) is 11.1 Å².